The van der Waals surface area contributed by atoms with E-state index < -0.39 is 11.6 Å². The Morgan fingerprint density at radius 3 is 2.80 bits per heavy atom. The first-order chi connectivity index (χ1) is 11.8. The smallest absolute Gasteiger partial charge is 0.322 e. The number of carbonyl (C=O) groups is 2. The number of hydrogen-bond acceptors (Lipinski definition) is 5. The van der Waals surface area contributed by atoms with E-state index in [0.29, 0.717) is 6.54 Å². The van der Waals surface area contributed by atoms with Gasteiger partial charge in [0.1, 0.15) is 11.3 Å². The normalized spacial score (nSPS) is 27.1. The fraction of sp³-hybridized carbons (Fsp3) is 0.611. The molecule has 7 nitrogen and oxygen atoms in total. The fourth-order valence-electron chi connectivity index (χ4n) is 3.96. The number of rotatable bonds is 4. The van der Waals surface area contributed by atoms with Crippen LogP contribution in [-0.2, 0) is 11.3 Å². The van der Waals surface area contributed by atoms with Crippen LogP contribution < -0.4 is 15.4 Å². The summed E-state index contributed by atoms with van der Waals surface area (Å²) in [6.45, 7) is 8.26. The van der Waals surface area contributed by atoms with E-state index in [0.717, 1.165) is 48.5 Å². The van der Waals surface area contributed by atoms with E-state index in [2.05, 4.69) is 20.5 Å². The number of aromatic nitrogens is 1. The zero-order valence-electron chi connectivity index (χ0n) is 15.3. The molecule has 0 bridgehead atoms. The first kappa shape index (κ1) is 17.7. The number of urea groups is 1. The molecular formula is C18H26N4O3. The van der Waals surface area contributed by atoms with Crippen molar-refractivity contribution in [3.63, 3.8) is 0 Å². The molecule has 25 heavy (non-hydrogen) atoms. The first-order valence-electron chi connectivity index (χ1n) is 8.70. The third-order valence-corrected chi connectivity index (χ3v) is 5.52. The quantitative estimate of drug-likeness (QED) is 0.808. The van der Waals surface area contributed by atoms with Crippen molar-refractivity contribution in [2.45, 2.75) is 45.7 Å². The number of ether oxygens (including phenoxy) is 1. The van der Waals surface area contributed by atoms with Crippen molar-refractivity contribution >= 4 is 11.9 Å². The Morgan fingerprint density at radius 2 is 2.16 bits per heavy atom. The summed E-state index contributed by atoms with van der Waals surface area (Å²) < 4.78 is 5.49. The third kappa shape index (κ3) is 3.20. The molecule has 2 fully saturated rings. The van der Waals surface area contributed by atoms with Crippen molar-refractivity contribution in [3.8, 4) is 5.75 Å². The van der Waals surface area contributed by atoms with Crippen molar-refractivity contribution < 1.29 is 14.3 Å². The molecule has 0 aliphatic carbocycles. The molecule has 2 N–H and O–H groups in total. The lowest BCUT2D eigenvalue weighted by Crippen LogP contribution is -2.55. The van der Waals surface area contributed by atoms with Crippen LogP contribution in [0.25, 0.3) is 0 Å². The van der Waals surface area contributed by atoms with Crippen LogP contribution in [0.2, 0.25) is 0 Å². The number of nitrogens with zero attached hydrogens (tertiary/aromatic N) is 2. The summed E-state index contributed by atoms with van der Waals surface area (Å²) in [6, 6.07) is -0.398. The molecule has 0 spiro atoms. The van der Waals surface area contributed by atoms with Gasteiger partial charge in [-0.1, -0.05) is 0 Å². The van der Waals surface area contributed by atoms with Gasteiger partial charge in [-0.25, -0.2) is 4.79 Å². The van der Waals surface area contributed by atoms with Crippen LogP contribution in [0.3, 0.4) is 0 Å². The van der Waals surface area contributed by atoms with Gasteiger partial charge in [-0.05, 0) is 40.2 Å². The standard InChI is InChI=1S/C18H26N4O3/c1-11-8-19-14(12(2)15(11)25-4)10-22-7-5-6-13(9-22)18(3)16(23)20-17(24)21-18/h8,13H,5-7,9-10H2,1-4H3,(H2,20,21,23,24)/t13-,18+/m0/s1. The molecule has 2 aliphatic rings. The average Bonchev–Trinajstić information content (AvgIpc) is 2.84. The van der Waals surface area contributed by atoms with E-state index in [9.17, 15) is 9.59 Å². The number of methoxy groups -OCH3 is 1. The first-order valence-corrected chi connectivity index (χ1v) is 8.70. The predicted molar refractivity (Wildman–Crippen MR) is 93.3 cm³/mol. The monoisotopic (exact) mass is 346 g/mol. The summed E-state index contributed by atoms with van der Waals surface area (Å²) in [5.41, 5.74) is 2.25. The molecule has 0 saturated carbocycles. The lowest BCUT2D eigenvalue weighted by molar-refractivity contribution is -0.126. The minimum absolute atomic E-state index is 0.0837. The van der Waals surface area contributed by atoms with Gasteiger partial charge in [-0.2, -0.15) is 0 Å². The fourth-order valence-corrected chi connectivity index (χ4v) is 3.96. The van der Waals surface area contributed by atoms with E-state index in [-0.39, 0.29) is 11.8 Å². The average molecular weight is 346 g/mol. The van der Waals surface area contributed by atoms with Gasteiger partial charge in [-0.15, -0.1) is 0 Å². The van der Waals surface area contributed by atoms with Crippen molar-refractivity contribution in [1.82, 2.24) is 20.5 Å². The Hall–Kier alpha value is -2.15. The van der Waals surface area contributed by atoms with Gasteiger partial charge in [0.2, 0.25) is 0 Å². The molecule has 0 radical (unpaired) electrons. The van der Waals surface area contributed by atoms with Crippen LogP contribution in [0.1, 0.15) is 36.6 Å². The molecule has 0 unspecified atom stereocenters. The van der Waals surface area contributed by atoms with Crippen molar-refractivity contribution in [2.75, 3.05) is 20.2 Å². The molecule has 1 aromatic heterocycles. The van der Waals surface area contributed by atoms with Gasteiger partial charge in [0, 0.05) is 36.3 Å². The number of imide groups is 1. The summed E-state index contributed by atoms with van der Waals surface area (Å²) >= 11 is 0. The molecular weight excluding hydrogens is 320 g/mol. The highest BCUT2D eigenvalue weighted by atomic mass is 16.5. The Kier molecular flexibility index (Phi) is 4.69. The minimum atomic E-state index is -0.830. The number of piperidine rings is 1. The van der Waals surface area contributed by atoms with Crippen molar-refractivity contribution in [2.24, 2.45) is 5.92 Å². The number of likely N-dealkylation sites (tertiary alicyclic amines) is 1. The summed E-state index contributed by atoms with van der Waals surface area (Å²) in [7, 11) is 1.68. The number of pyridine rings is 1. The molecule has 136 valence electrons. The molecule has 3 heterocycles. The van der Waals surface area contributed by atoms with Gasteiger partial charge >= 0.3 is 6.03 Å². The zero-order valence-corrected chi connectivity index (χ0v) is 15.3. The van der Waals surface area contributed by atoms with Crippen LogP contribution >= 0.6 is 0 Å². The highest BCUT2D eigenvalue weighted by molar-refractivity contribution is 6.07. The van der Waals surface area contributed by atoms with Crippen LogP contribution in [0.4, 0.5) is 4.79 Å². The summed E-state index contributed by atoms with van der Waals surface area (Å²) in [4.78, 5) is 30.6. The molecule has 7 heteroatoms. The Morgan fingerprint density at radius 1 is 1.40 bits per heavy atom. The van der Waals surface area contributed by atoms with Crippen LogP contribution in [0.5, 0.6) is 5.75 Å². The summed E-state index contributed by atoms with van der Waals surface area (Å²) in [5.74, 6) is 0.740. The van der Waals surface area contributed by atoms with Crippen LogP contribution in [0.15, 0.2) is 6.20 Å². The SMILES string of the molecule is COc1c(C)cnc(CN2CCC[C@H]([C@@]3(C)NC(=O)NC3=O)C2)c1C. The highest BCUT2D eigenvalue weighted by Gasteiger charge is 2.48. The topological polar surface area (TPSA) is 83.6 Å². The lowest BCUT2D eigenvalue weighted by Gasteiger charge is -2.39. The molecule has 3 amide bonds. The molecule has 2 saturated heterocycles. The van der Waals surface area contributed by atoms with E-state index >= 15 is 0 Å². The molecule has 0 aromatic carbocycles. The Labute approximate surface area is 148 Å². The lowest BCUT2D eigenvalue weighted by atomic mass is 9.80. The van der Waals surface area contributed by atoms with Gasteiger partial charge in [0.25, 0.3) is 5.91 Å². The maximum Gasteiger partial charge on any atom is 0.322 e. The summed E-state index contributed by atoms with van der Waals surface area (Å²) in [6.07, 6.45) is 3.75. The number of amides is 3. The highest BCUT2D eigenvalue weighted by Crippen LogP contribution is 2.31. The van der Waals surface area contributed by atoms with Crippen molar-refractivity contribution in [3.05, 3.63) is 23.0 Å². The largest absolute Gasteiger partial charge is 0.496 e. The number of carbonyl (C=O) groups excluding carboxylic acids is 2. The van der Waals surface area contributed by atoms with Gasteiger partial charge < -0.3 is 10.1 Å². The maximum atomic E-state index is 12.2. The van der Waals surface area contributed by atoms with Gasteiger partial charge in [0.05, 0.1) is 12.8 Å². The van der Waals surface area contributed by atoms with Crippen molar-refractivity contribution in [1.29, 1.82) is 0 Å². The number of hydrogen-bond donors (Lipinski definition) is 2. The van der Waals surface area contributed by atoms with Gasteiger partial charge in [0.15, 0.2) is 0 Å². The molecule has 2 aliphatic heterocycles. The van der Waals surface area contributed by atoms with E-state index in [1.54, 1.807) is 7.11 Å². The van der Waals surface area contributed by atoms with Crippen LogP contribution in [-0.4, -0.2) is 47.6 Å². The molecule has 2 atom stereocenters. The van der Waals surface area contributed by atoms with E-state index in [1.165, 1.54) is 0 Å². The summed E-state index contributed by atoms with van der Waals surface area (Å²) in [5, 5.41) is 5.17. The van der Waals surface area contributed by atoms with E-state index in [1.807, 2.05) is 27.0 Å². The zero-order chi connectivity index (χ0) is 18.2. The molecule has 1 aromatic rings. The number of aryl methyl sites for hydroxylation is 1. The van der Waals surface area contributed by atoms with Gasteiger partial charge in [-0.3, -0.25) is 20.0 Å². The van der Waals surface area contributed by atoms with Crippen LogP contribution in [0, 0.1) is 19.8 Å². The predicted octanol–water partition coefficient (Wildman–Crippen LogP) is 1.52. The minimum Gasteiger partial charge on any atom is -0.496 e. The second kappa shape index (κ2) is 6.63. The Bertz CT molecular complexity index is 706. The maximum absolute atomic E-state index is 12.2. The number of nitrogens with one attached hydrogen (secondary N) is 2. The second-order valence-corrected chi connectivity index (χ2v) is 7.23. The van der Waals surface area contributed by atoms with E-state index in [4.69, 9.17) is 4.74 Å². The molecule has 3 rings (SSSR count). The Balaban J connectivity index is 1.75. The second-order valence-electron chi connectivity index (χ2n) is 7.23. The third-order valence-electron chi connectivity index (χ3n) is 5.52.